The van der Waals surface area contributed by atoms with Gasteiger partial charge >= 0.3 is 0 Å². The van der Waals surface area contributed by atoms with Crippen molar-refractivity contribution in [2.45, 2.75) is 5.41 Å². The molecule has 0 amide bonds. The van der Waals surface area contributed by atoms with Gasteiger partial charge in [-0.1, -0.05) is 109 Å². The Kier molecular flexibility index (Phi) is 3.93. The molecule has 0 atom stereocenters. The van der Waals surface area contributed by atoms with E-state index in [0.717, 1.165) is 11.4 Å². The van der Waals surface area contributed by atoms with E-state index in [1.54, 1.807) is 0 Å². The lowest BCUT2D eigenvalue weighted by Crippen LogP contribution is -2.25. The molecule has 1 heteroatoms. The van der Waals surface area contributed by atoms with Crippen molar-refractivity contribution in [3.05, 3.63) is 156 Å². The molecule has 0 fully saturated rings. The summed E-state index contributed by atoms with van der Waals surface area (Å²) in [7, 11) is 0. The molecule has 2 aliphatic carbocycles. The summed E-state index contributed by atoms with van der Waals surface area (Å²) >= 11 is 0. The average molecular weight is 458 g/mol. The highest BCUT2D eigenvalue weighted by atomic mass is 14.9. The van der Waals surface area contributed by atoms with Gasteiger partial charge < -0.3 is 5.32 Å². The van der Waals surface area contributed by atoms with Crippen molar-refractivity contribution in [1.29, 1.82) is 0 Å². The SMILES string of the molecule is c1ccc(Nc2ccc3c(c2)C2(c4ccccc4-c4ccccc42)c2ccc4ccccc4c2-3)cc1. The number of anilines is 2. The van der Waals surface area contributed by atoms with Crippen LogP contribution in [0.4, 0.5) is 11.4 Å². The smallest absolute Gasteiger partial charge is 0.0726 e. The van der Waals surface area contributed by atoms with Crippen LogP contribution in [0.5, 0.6) is 0 Å². The van der Waals surface area contributed by atoms with Gasteiger partial charge in [-0.25, -0.2) is 0 Å². The zero-order valence-electron chi connectivity index (χ0n) is 19.7. The molecule has 168 valence electrons. The number of benzene rings is 6. The fourth-order valence-electron chi connectivity index (χ4n) is 6.67. The number of hydrogen-bond acceptors (Lipinski definition) is 1. The second-order valence-electron chi connectivity index (χ2n) is 9.80. The summed E-state index contributed by atoms with van der Waals surface area (Å²) < 4.78 is 0. The molecule has 1 nitrogen and oxygen atoms in total. The predicted molar refractivity (Wildman–Crippen MR) is 150 cm³/mol. The maximum atomic E-state index is 3.65. The molecule has 0 unspecified atom stereocenters. The Bertz CT molecular complexity index is 1770. The summed E-state index contributed by atoms with van der Waals surface area (Å²) in [5.41, 5.74) is 12.7. The molecular formula is C35H23N. The van der Waals surface area contributed by atoms with Gasteiger partial charge in [0.05, 0.1) is 5.41 Å². The number of hydrogen-bond donors (Lipinski definition) is 1. The van der Waals surface area contributed by atoms with E-state index in [9.17, 15) is 0 Å². The first-order valence-electron chi connectivity index (χ1n) is 12.5. The fraction of sp³-hybridized carbons (Fsp3) is 0.0286. The van der Waals surface area contributed by atoms with Gasteiger partial charge in [0, 0.05) is 11.4 Å². The van der Waals surface area contributed by atoms with Gasteiger partial charge in [0.1, 0.15) is 0 Å². The summed E-state index contributed by atoms with van der Waals surface area (Å²) in [6, 6.07) is 48.8. The lowest BCUT2D eigenvalue weighted by Gasteiger charge is -2.30. The lowest BCUT2D eigenvalue weighted by molar-refractivity contribution is 0.795. The number of rotatable bonds is 2. The maximum absolute atomic E-state index is 3.65. The van der Waals surface area contributed by atoms with E-state index in [0.29, 0.717) is 0 Å². The van der Waals surface area contributed by atoms with Crippen molar-refractivity contribution in [3.63, 3.8) is 0 Å². The summed E-state index contributed by atoms with van der Waals surface area (Å²) in [5.74, 6) is 0. The number of para-hydroxylation sites is 1. The topological polar surface area (TPSA) is 12.0 Å². The van der Waals surface area contributed by atoms with E-state index in [2.05, 4.69) is 139 Å². The Labute approximate surface area is 210 Å². The minimum atomic E-state index is -0.337. The van der Waals surface area contributed by atoms with Crippen LogP contribution in [0.3, 0.4) is 0 Å². The van der Waals surface area contributed by atoms with Crippen LogP contribution in [0.25, 0.3) is 33.0 Å². The molecule has 36 heavy (non-hydrogen) atoms. The molecule has 0 aliphatic heterocycles. The molecule has 6 aromatic carbocycles. The monoisotopic (exact) mass is 457 g/mol. The van der Waals surface area contributed by atoms with Crippen molar-refractivity contribution in [2.24, 2.45) is 0 Å². The first-order valence-corrected chi connectivity index (χ1v) is 12.5. The standard InChI is InChI=1S/C35H23N/c1-2-11-24(12-3-1)36-25-19-20-29-33(22-25)35(32-21-18-23-10-4-5-13-26(23)34(29)32)30-16-8-6-14-27(30)28-15-7-9-17-31(28)35/h1-22,36H. The molecule has 0 saturated heterocycles. The second kappa shape index (κ2) is 7.19. The highest BCUT2D eigenvalue weighted by Gasteiger charge is 2.51. The van der Waals surface area contributed by atoms with Gasteiger partial charge in [-0.3, -0.25) is 0 Å². The normalized spacial score (nSPS) is 13.8. The van der Waals surface area contributed by atoms with Gasteiger partial charge in [0.25, 0.3) is 0 Å². The number of fused-ring (bicyclic) bond motifs is 12. The minimum Gasteiger partial charge on any atom is -0.356 e. The van der Waals surface area contributed by atoms with Crippen molar-refractivity contribution in [2.75, 3.05) is 5.32 Å². The molecule has 0 saturated carbocycles. The molecule has 8 rings (SSSR count). The summed E-state index contributed by atoms with van der Waals surface area (Å²) in [6.45, 7) is 0. The van der Waals surface area contributed by atoms with Crippen LogP contribution in [0.2, 0.25) is 0 Å². The first kappa shape index (κ1) is 19.7. The molecule has 0 radical (unpaired) electrons. The quantitative estimate of drug-likeness (QED) is 0.273. The van der Waals surface area contributed by atoms with Crippen LogP contribution in [0.15, 0.2) is 133 Å². The highest BCUT2D eigenvalue weighted by Crippen LogP contribution is 2.63. The summed E-state index contributed by atoms with van der Waals surface area (Å²) in [5, 5.41) is 6.25. The van der Waals surface area contributed by atoms with Crippen LogP contribution in [0, 0.1) is 0 Å². The van der Waals surface area contributed by atoms with E-state index in [1.165, 1.54) is 55.3 Å². The number of nitrogens with one attached hydrogen (secondary N) is 1. The zero-order chi connectivity index (χ0) is 23.7. The fourth-order valence-corrected chi connectivity index (χ4v) is 6.67. The van der Waals surface area contributed by atoms with E-state index in [-0.39, 0.29) is 5.41 Å². The Balaban J connectivity index is 1.50. The molecule has 1 N–H and O–H groups in total. The maximum Gasteiger partial charge on any atom is 0.0726 e. The molecule has 2 aliphatic rings. The predicted octanol–water partition coefficient (Wildman–Crippen LogP) is 8.93. The largest absolute Gasteiger partial charge is 0.356 e. The van der Waals surface area contributed by atoms with Crippen molar-refractivity contribution >= 4 is 22.1 Å². The van der Waals surface area contributed by atoms with E-state index >= 15 is 0 Å². The van der Waals surface area contributed by atoms with Crippen molar-refractivity contribution < 1.29 is 0 Å². The Morgan fingerprint density at radius 3 is 1.86 bits per heavy atom. The van der Waals surface area contributed by atoms with Gasteiger partial charge in [-0.15, -0.1) is 0 Å². The Hall–Kier alpha value is -4.62. The van der Waals surface area contributed by atoms with Crippen LogP contribution >= 0.6 is 0 Å². The molecule has 1 spiro atoms. The lowest BCUT2D eigenvalue weighted by atomic mass is 9.70. The van der Waals surface area contributed by atoms with Crippen LogP contribution < -0.4 is 5.32 Å². The summed E-state index contributed by atoms with van der Waals surface area (Å²) in [6.07, 6.45) is 0. The van der Waals surface area contributed by atoms with Gasteiger partial charge in [0.15, 0.2) is 0 Å². The van der Waals surface area contributed by atoms with E-state index in [4.69, 9.17) is 0 Å². The van der Waals surface area contributed by atoms with Gasteiger partial charge in [0.2, 0.25) is 0 Å². The van der Waals surface area contributed by atoms with Crippen LogP contribution in [-0.2, 0) is 5.41 Å². The minimum absolute atomic E-state index is 0.337. The average Bonchev–Trinajstić information content (AvgIpc) is 3.41. The molecule has 0 aromatic heterocycles. The van der Waals surface area contributed by atoms with Gasteiger partial charge in [-0.2, -0.15) is 0 Å². The third-order valence-corrected chi connectivity index (χ3v) is 8.04. The molecular weight excluding hydrogens is 434 g/mol. The van der Waals surface area contributed by atoms with E-state index in [1.807, 2.05) is 0 Å². The zero-order valence-corrected chi connectivity index (χ0v) is 19.7. The Morgan fingerprint density at radius 2 is 1.08 bits per heavy atom. The van der Waals surface area contributed by atoms with Crippen LogP contribution in [0.1, 0.15) is 22.3 Å². The highest BCUT2D eigenvalue weighted by molar-refractivity contribution is 6.06. The van der Waals surface area contributed by atoms with Crippen molar-refractivity contribution in [1.82, 2.24) is 0 Å². The third kappa shape index (κ3) is 2.44. The van der Waals surface area contributed by atoms with E-state index < -0.39 is 0 Å². The third-order valence-electron chi connectivity index (χ3n) is 8.04. The van der Waals surface area contributed by atoms with Crippen LogP contribution in [-0.4, -0.2) is 0 Å². The van der Waals surface area contributed by atoms with Crippen molar-refractivity contribution in [3.8, 4) is 22.3 Å². The van der Waals surface area contributed by atoms with Gasteiger partial charge in [-0.05, 0) is 79.5 Å². The molecule has 6 aromatic rings. The first-order chi connectivity index (χ1) is 17.9. The molecule has 0 bridgehead atoms. The second-order valence-corrected chi connectivity index (χ2v) is 9.80. The molecule has 0 heterocycles. The Morgan fingerprint density at radius 1 is 0.417 bits per heavy atom. The summed E-state index contributed by atoms with van der Waals surface area (Å²) in [4.78, 5) is 0.